The van der Waals surface area contributed by atoms with Crippen molar-refractivity contribution in [1.82, 2.24) is 10.2 Å². The van der Waals surface area contributed by atoms with Crippen molar-refractivity contribution < 1.29 is 24.2 Å². The van der Waals surface area contributed by atoms with Crippen LogP contribution < -0.4 is 5.32 Å². The fraction of sp³-hybridized carbons (Fsp3) is 0.464. The van der Waals surface area contributed by atoms with Gasteiger partial charge in [0.1, 0.15) is 19.2 Å². The van der Waals surface area contributed by atoms with Crippen LogP contribution in [0.3, 0.4) is 0 Å². The number of nitrogens with one attached hydrogen (secondary N) is 1. The second-order valence-corrected chi connectivity index (χ2v) is 11.4. The van der Waals surface area contributed by atoms with Crippen molar-refractivity contribution in [3.63, 3.8) is 0 Å². The van der Waals surface area contributed by atoms with Crippen molar-refractivity contribution in [3.8, 4) is 11.1 Å². The second kappa shape index (κ2) is 10.1. The maximum atomic E-state index is 13.4. The Kier molecular flexibility index (Phi) is 7.58. The highest BCUT2D eigenvalue weighted by Gasteiger charge is 2.38. The van der Waals surface area contributed by atoms with Gasteiger partial charge >= 0.3 is 12.1 Å². The summed E-state index contributed by atoms with van der Waals surface area (Å²) < 4.78 is 5.64. The first kappa shape index (κ1) is 26.3. The maximum Gasteiger partial charge on any atom is 0.407 e. The monoisotopic (exact) mass is 480 g/mol. The van der Waals surface area contributed by atoms with E-state index in [0.717, 1.165) is 22.3 Å². The van der Waals surface area contributed by atoms with E-state index >= 15 is 0 Å². The third kappa shape index (κ3) is 6.41. The van der Waals surface area contributed by atoms with E-state index in [0.29, 0.717) is 0 Å². The molecule has 0 aromatic heterocycles. The van der Waals surface area contributed by atoms with E-state index in [1.54, 1.807) is 0 Å². The summed E-state index contributed by atoms with van der Waals surface area (Å²) in [7, 11) is 0. The molecule has 0 radical (unpaired) electrons. The smallest absolute Gasteiger partial charge is 0.407 e. The largest absolute Gasteiger partial charge is 0.480 e. The molecule has 0 saturated heterocycles. The van der Waals surface area contributed by atoms with E-state index < -0.39 is 36.0 Å². The molecule has 1 atom stereocenters. The number of ether oxygens (including phenoxy) is 1. The van der Waals surface area contributed by atoms with Gasteiger partial charge in [0, 0.05) is 12.5 Å². The minimum Gasteiger partial charge on any atom is -0.480 e. The quantitative estimate of drug-likeness (QED) is 0.588. The van der Waals surface area contributed by atoms with E-state index in [1.807, 2.05) is 77.9 Å². The summed E-state index contributed by atoms with van der Waals surface area (Å²) >= 11 is 0. The van der Waals surface area contributed by atoms with Gasteiger partial charge in [0.15, 0.2) is 0 Å². The van der Waals surface area contributed by atoms with Crippen LogP contribution in [0.1, 0.15) is 58.6 Å². The van der Waals surface area contributed by atoms with Gasteiger partial charge < -0.3 is 20.1 Å². The topological polar surface area (TPSA) is 95.9 Å². The van der Waals surface area contributed by atoms with Gasteiger partial charge in [-0.25, -0.2) is 4.79 Å². The number of amides is 2. The van der Waals surface area contributed by atoms with Crippen molar-refractivity contribution in [3.05, 3.63) is 59.7 Å². The number of hydrogen-bond donors (Lipinski definition) is 2. The molecule has 0 spiro atoms. The van der Waals surface area contributed by atoms with Crippen molar-refractivity contribution in [2.24, 2.45) is 10.8 Å². The van der Waals surface area contributed by atoms with Crippen LogP contribution in [0, 0.1) is 10.8 Å². The van der Waals surface area contributed by atoms with Gasteiger partial charge in [-0.05, 0) is 33.1 Å². The Bertz CT molecular complexity index is 1050. The molecular weight excluding hydrogens is 444 g/mol. The Morgan fingerprint density at radius 2 is 1.46 bits per heavy atom. The molecule has 2 N–H and O–H groups in total. The van der Waals surface area contributed by atoms with Gasteiger partial charge in [0.2, 0.25) is 5.91 Å². The lowest BCUT2D eigenvalue weighted by Crippen LogP contribution is -2.56. The molecule has 188 valence electrons. The highest BCUT2D eigenvalue weighted by Crippen LogP contribution is 2.44. The van der Waals surface area contributed by atoms with Crippen LogP contribution >= 0.6 is 0 Å². The van der Waals surface area contributed by atoms with Crippen LogP contribution in [0.25, 0.3) is 11.1 Å². The van der Waals surface area contributed by atoms with Gasteiger partial charge in [-0.1, -0.05) is 90.1 Å². The molecule has 0 saturated carbocycles. The van der Waals surface area contributed by atoms with E-state index in [1.165, 1.54) is 4.90 Å². The zero-order chi connectivity index (χ0) is 26.0. The number of aliphatic carboxylic acids is 1. The predicted molar refractivity (Wildman–Crippen MR) is 135 cm³/mol. The lowest BCUT2D eigenvalue weighted by Gasteiger charge is -2.36. The molecule has 1 aliphatic rings. The summed E-state index contributed by atoms with van der Waals surface area (Å²) in [5.74, 6) is -1.64. The van der Waals surface area contributed by atoms with Gasteiger partial charge in [-0.3, -0.25) is 9.59 Å². The first-order valence-corrected chi connectivity index (χ1v) is 11.9. The highest BCUT2D eigenvalue weighted by molar-refractivity contribution is 5.89. The number of carboxylic acids is 1. The average Bonchev–Trinajstić information content (AvgIpc) is 3.07. The van der Waals surface area contributed by atoms with Gasteiger partial charge in [0.05, 0.1) is 0 Å². The Labute approximate surface area is 207 Å². The Morgan fingerprint density at radius 1 is 0.943 bits per heavy atom. The molecule has 1 aliphatic carbocycles. The molecule has 2 aromatic rings. The average molecular weight is 481 g/mol. The number of carboxylic acid groups (broad SMARTS) is 1. The molecule has 7 nitrogen and oxygen atoms in total. The third-order valence-electron chi connectivity index (χ3n) is 6.02. The van der Waals surface area contributed by atoms with Gasteiger partial charge in [-0.2, -0.15) is 0 Å². The number of fused-ring (bicyclic) bond motifs is 3. The number of alkyl carbamates (subject to hydrolysis) is 1. The molecule has 2 aromatic carbocycles. The summed E-state index contributed by atoms with van der Waals surface area (Å²) in [4.78, 5) is 39.0. The molecular formula is C28H36N2O5. The number of carbonyl (C=O) groups excluding carboxylic acids is 2. The molecule has 0 heterocycles. The molecule has 35 heavy (non-hydrogen) atoms. The van der Waals surface area contributed by atoms with E-state index in [9.17, 15) is 19.5 Å². The predicted octanol–water partition coefficient (Wildman–Crippen LogP) is 4.90. The molecule has 0 fully saturated rings. The Morgan fingerprint density at radius 3 is 1.91 bits per heavy atom. The molecule has 0 aliphatic heterocycles. The standard InChI is InChI=1S/C28H36N2O5/c1-27(2,3)17-30(15-23(31)32)25(33)24(28(4,5)6)29-26(34)35-16-22-20-13-9-7-11-18(20)19-12-8-10-14-21(19)22/h7-14,22,24H,15-17H2,1-6H3,(H,29,34)(H,31,32)/t24-/m1/s1. The lowest BCUT2D eigenvalue weighted by molar-refractivity contribution is -0.147. The molecule has 0 unspecified atom stereocenters. The summed E-state index contributed by atoms with van der Waals surface area (Å²) in [6.07, 6.45) is -0.703. The molecule has 3 rings (SSSR count). The molecule has 7 heteroatoms. The fourth-order valence-corrected chi connectivity index (χ4v) is 4.54. The highest BCUT2D eigenvalue weighted by atomic mass is 16.5. The van der Waals surface area contributed by atoms with E-state index in [-0.39, 0.29) is 24.5 Å². The van der Waals surface area contributed by atoms with Crippen LogP contribution in [0.2, 0.25) is 0 Å². The summed E-state index contributed by atoms with van der Waals surface area (Å²) in [6, 6.07) is 15.2. The van der Waals surface area contributed by atoms with Gasteiger partial charge in [0.25, 0.3) is 0 Å². The number of rotatable bonds is 7. The van der Waals surface area contributed by atoms with E-state index in [2.05, 4.69) is 17.4 Å². The zero-order valence-electron chi connectivity index (χ0n) is 21.4. The van der Waals surface area contributed by atoms with Crippen LogP contribution in [0.5, 0.6) is 0 Å². The van der Waals surface area contributed by atoms with E-state index in [4.69, 9.17) is 4.74 Å². The minimum absolute atomic E-state index is 0.0960. The third-order valence-corrected chi connectivity index (χ3v) is 6.02. The number of nitrogens with zero attached hydrogens (tertiary/aromatic N) is 1. The molecule has 2 amide bonds. The normalized spacial score (nSPS) is 14.0. The van der Waals surface area contributed by atoms with Crippen LogP contribution in [-0.4, -0.2) is 53.7 Å². The number of benzene rings is 2. The maximum absolute atomic E-state index is 13.4. The van der Waals surface area contributed by atoms with Crippen LogP contribution in [-0.2, 0) is 14.3 Å². The van der Waals surface area contributed by atoms with Crippen molar-refractivity contribution in [2.75, 3.05) is 19.7 Å². The molecule has 0 bridgehead atoms. The van der Waals surface area contributed by atoms with Gasteiger partial charge in [-0.15, -0.1) is 0 Å². The van der Waals surface area contributed by atoms with Crippen molar-refractivity contribution >= 4 is 18.0 Å². The second-order valence-electron chi connectivity index (χ2n) is 11.4. The Balaban J connectivity index is 1.75. The number of carbonyl (C=O) groups is 3. The summed E-state index contributed by atoms with van der Waals surface area (Å²) in [5.41, 5.74) is 3.50. The van der Waals surface area contributed by atoms with Crippen molar-refractivity contribution in [1.29, 1.82) is 0 Å². The lowest BCUT2D eigenvalue weighted by atomic mass is 9.85. The zero-order valence-corrected chi connectivity index (χ0v) is 21.4. The Hall–Kier alpha value is -3.35. The number of hydrogen-bond acceptors (Lipinski definition) is 4. The fourth-order valence-electron chi connectivity index (χ4n) is 4.54. The summed E-state index contributed by atoms with van der Waals surface area (Å²) in [6.45, 7) is 11.2. The SMILES string of the molecule is CC(C)(C)CN(CC(=O)O)C(=O)[C@@H](NC(=O)OCC1c2ccccc2-c2ccccc21)C(C)(C)C. The van der Waals surface area contributed by atoms with Crippen molar-refractivity contribution in [2.45, 2.75) is 53.5 Å². The summed E-state index contributed by atoms with van der Waals surface area (Å²) in [5, 5.41) is 12.1. The first-order valence-electron chi connectivity index (χ1n) is 11.9. The van der Waals surface area contributed by atoms with Crippen LogP contribution in [0.15, 0.2) is 48.5 Å². The first-order chi connectivity index (χ1) is 16.3. The minimum atomic E-state index is -1.10. The van der Waals surface area contributed by atoms with Crippen LogP contribution in [0.4, 0.5) is 4.79 Å².